The SMILES string of the molecule is O=C(COC(=O)CNS(=O)(=O)c1ccc(F)cc1)NCc1cccs1. The van der Waals surface area contributed by atoms with Crippen LogP contribution in [0.5, 0.6) is 0 Å². The summed E-state index contributed by atoms with van der Waals surface area (Å²) in [7, 11) is -3.97. The second-order valence-electron chi connectivity index (χ2n) is 4.80. The summed E-state index contributed by atoms with van der Waals surface area (Å²) in [4.78, 5) is 23.8. The molecule has 0 aliphatic carbocycles. The topological polar surface area (TPSA) is 102 Å². The van der Waals surface area contributed by atoms with Crippen molar-refractivity contribution in [3.8, 4) is 0 Å². The van der Waals surface area contributed by atoms with Gasteiger partial charge in [0.2, 0.25) is 10.0 Å². The van der Waals surface area contributed by atoms with E-state index in [1.165, 1.54) is 11.3 Å². The highest BCUT2D eigenvalue weighted by Crippen LogP contribution is 2.09. The summed E-state index contributed by atoms with van der Waals surface area (Å²) in [5, 5.41) is 4.43. The first-order valence-electron chi connectivity index (χ1n) is 7.07. The average Bonchev–Trinajstić information content (AvgIpc) is 3.10. The first-order chi connectivity index (χ1) is 11.9. The summed E-state index contributed by atoms with van der Waals surface area (Å²) in [6.07, 6.45) is 0. The second-order valence-corrected chi connectivity index (χ2v) is 7.59. The number of esters is 1. The maximum atomic E-state index is 12.8. The van der Waals surface area contributed by atoms with Crippen molar-refractivity contribution in [1.29, 1.82) is 0 Å². The van der Waals surface area contributed by atoms with Crippen LogP contribution >= 0.6 is 11.3 Å². The van der Waals surface area contributed by atoms with Crippen LogP contribution in [0.3, 0.4) is 0 Å². The molecule has 0 atom stereocenters. The summed E-state index contributed by atoms with van der Waals surface area (Å²) in [5.41, 5.74) is 0. The molecule has 134 valence electrons. The molecular weight excluding hydrogens is 371 g/mol. The van der Waals surface area contributed by atoms with Gasteiger partial charge in [-0.2, -0.15) is 4.72 Å². The normalized spacial score (nSPS) is 11.1. The van der Waals surface area contributed by atoms with Gasteiger partial charge in [0.25, 0.3) is 5.91 Å². The number of rotatable bonds is 8. The third kappa shape index (κ3) is 6.25. The Morgan fingerprint density at radius 2 is 1.88 bits per heavy atom. The van der Waals surface area contributed by atoms with E-state index in [1.807, 2.05) is 22.2 Å². The Bertz CT molecular complexity index is 820. The monoisotopic (exact) mass is 386 g/mol. The predicted molar refractivity (Wildman–Crippen MR) is 88.7 cm³/mol. The van der Waals surface area contributed by atoms with Crippen molar-refractivity contribution in [3.05, 3.63) is 52.5 Å². The highest BCUT2D eigenvalue weighted by atomic mass is 32.2. The number of benzene rings is 1. The van der Waals surface area contributed by atoms with E-state index >= 15 is 0 Å². The van der Waals surface area contributed by atoms with E-state index in [-0.39, 0.29) is 4.90 Å². The van der Waals surface area contributed by atoms with Gasteiger partial charge in [-0.1, -0.05) is 6.07 Å². The van der Waals surface area contributed by atoms with Crippen LogP contribution in [0.1, 0.15) is 4.88 Å². The molecule has 0 saturated heterocycles. The van der Waals surface area contributed by atoms with Crippen LogP contribution in [0.2, 0.25) is 0 Å². The molecule has 0 aliphatic rings. The number of nitrogens with one attached hydrogen (secondary N) is 2. The van der Waals surface area contributed by atoms with Crippen molar-refractivity contribution in [1.82, 2.24) is 10.0 Å². The number of ether oxygens (including phenoxy) is 1. The van der Waals surface area contributed by atoms with Crippen molar-refractivity contribution in [2.45, 2.75) is 11.4 Å². The Morgan fingerprint density at radius 3 is 2.52 bits per heavy atom. The third-order valence-electron chi connectivity index (χ3n) is 2.93. The molecule has 0 fully saturated rings. The molecule has 1 aromatic heterocycles. The van der Waals surface area contributed by atoms with Gasteiger partial charge in [-0.3, -0.25) is 9.59 Å². The average molecular weight is 386 g/mol. The summed E-state index contributed by atoms with van der Waals surface area (Å²) in [6, 6.07) is 7.82. The molecular formula is C15H15FN2O5S2. The molecule has 1 aromatic carbocycles. The highest BCUT2D eigenvalue weighted by Gasteiger charge is 2.16. The van der Waals surface area contributed by atoms with E-state index < -0.39 is 40.9 Å². The van der Waals surface area contributed by atoms with E-state index in [1.54, 1.807) is 0 Å². The Kier molecular flexibility index (Phi) is 6.62. The van der Waals surface area contributed by atoms with Gasteiger partial charge in [-0.15, -0.1) is 11.3 Å². The number of sulfonamides is 1. The summed E-state index contributed by atoms with van der Waals surface area (Å²) in [6.45, 7) is -0.828. The fraction of sp³-hybridized carbons (Fsp3) is 0.200. The van der Waals surface area contributed by atoms with Crippen LogP contribution in [0.15, 0.2) is 46.7 Å². The van der Waals surface area contributed by atoms with E-state index in [0.717, 1.165) is 29.1 Å². The van der Waals surface area contributed by atoms with Crippen LogP contribution < -0.4 is 10.0 Å². The minimum absolute atomic E-state index is 0.185. The van der Waals surface area contributed by atoms with Crippen molar-refractivity contribution in [2.75, 3.05) is 13.2 Å². The van der Waals surface area contributed by atoms with Gasteiger partial charge >= 0.3 is 5.97 Å². The molecule has 0 spiro atoms. The van der Waals surface area contributed by atoms with E-state index in [0.29, 0.717) is 6.54 Å². The molecule has 7 nitrogen and oxygen atoms in total. The zero-order valence-electron chi connectivity index (χ0n) is 12.9. The molecule has 1 heterocycles. The quantitative estimate of drug-likeness (QED) is 0.660. The third-order valence-corrected chi connectivity index (χ3v) is 5.23. The highest BCUT2D eigenvalue weighted by molar-refractivity contribution is 7.89. The van der Waals surface area contributed by atoms with Crippen LogP contribution in [0.25, 0.3) is 0 Å². The molecule has 10 heteroatoms. The molecule has 2 aromatic rings. The molecule has 1 amide bonds. The van der Waals surface area contributed by atoms with E-state index in [2.05, 4.69) is 10.1 Å². The number of carbonyl (C=O) groups excluding carboxylic acids is 2. The van der Waals surface area contributed by atoms with Crippen LogP contribution in [-0.2, 0) is 30.9 Å². The van der Waals surface area contributed by atoms with Crippen molar-refractivity contribution in [3.63, 3.8) is 0 Å². The zero-order chi connectivity index (χ0) is 18.3. The molecule has 0 radical (unpaired) electrons. The minimum atomic E-state index is -3.97. The lowest BCUT2D eigenvalue weighted by atomic mass is 10.4. The Morgan fingerprint density at radius 1 is 1.16 bits per heavy atom. The molecule has 2 N–H and O–H groups in total. The Hall–Kier alpha value is -2.30. The number of carbonyl (C=O) groups is 2. The number of thiophene rings is 1. The number of halogens is 1. The van der Waals surface area contributed by atoms with Gasteiger partial charge in [-0.05, 0) is 35.7 Å². The zero-order valence-corrected chi connectivity index (χ0v) is 14.5. The van der Waals surface area contributed by atoms with Gasteiger partial charge in [-0.25, -0.2) is 12.8 Å². The smallest absolute Gasteiger partial charge is 0.321 e. The largest absolute Gasteiger partial charge is 0.455 e. The Labute approximate surface area is 147 Å². The van der Waals surface area contributed by atoms with Gasteiger partial charge in [0.1, 0.15) is 12.4 Å². The number of hydrogen-bond acceptors (Lipinski definition) is 6. The second kappa shape index (κ2) is 8.70. The van der Waals surface area contributed by atoms with Crippen LogP contribution in [0, 0.1) is 5.82 Å². The summed E-state index contributed by atoms with van der Waals surface area (Å²) in [5.74, 6) is -1.98. The van der Waals surface area contributed by atoms with Crippen LogP contribution in [-0.4, -0.2) is 33.4 Å². The van der Waals surface area contributed by atoms with E-state index in [4.69, 9.17) is 0 Å². The number of amides is 1. The molecule has 25 heavy (non-hydrogen) atoms. The minimum Gasteiger partial charge on any atom is -0.455 e. The number of hydrogen-bond donors (Lipinski definition) is 2. The van der Waals surface area contributed by atoms with Gasteiger partial charge in [0.05, 0.1) is 11.4 Å². The molecule has 0 saturated carbocycles. The Balaban J connectivity index is 1.72. The maximum Gasteiger partial charge on any atom is 0.321 e. The van der Waals surface area contributed by atoms with Gasteiger partial charge < -0.3 is 10.1 Å². The first-order valence-corrected chi connectivity index (χ1v) is 9.43. The molecule has 2 rings (SSSR count). The lowest BCUT2D eigenvalue weighted by Crippen LogP contribution is -2.33. The van der Waals surface area contributed by atoms with Crippen molar-refractivity contribution >= 4 is 33.2 Å². The first kappa shape index (κ1) is 19.0. The standard InChI is InChI=1S/C15H15FN2O5S2/c16-11-3-5-13(6-4-11)25(21,22)18-9-15(20)23-10-14(19)17-8-12-2-1-7-24-12/h1-7,18H,8-10H2,(H,17,19). The molecule has 0 aliphatic heterocycles. The fourth-order valence-corrected chi connectivity index (χ4v) is 3.31. The van der Waals surface area contributed by atoms with Crippen LogP contribution in [0.4, 0.5) is 4.39 Å². The fourth-order valence-electron chi connectivity index (χ4n) is 1.70. The van der Waals surface area contributed by atoms with Crippen molar-refractivity contribution in [2.24, 2.45) is 0 Å². The van der Waals surface area contributed by atoms with Gasteiger partial charge in [0, 0.05) is 4.88 Å². The van der Waals surface area contributed by atoms with E-state index in [9.17, 15) is 22.4 Å². The van der Waals surface area contributed by atoms with Gasteiger partial charge in [0.15, 0.2) is 6.61 Å². The maximum absolute atomic E-state index is 12.8. The predicted octanol–water partition coefficient (Wildman–Crippen LogP) is 1.03. The lowest BCUT2D eigenvalue weighted by Gasteiger charge is -2.08. The summed E-state index contributed by atoms with van der Waals surface area (Å²) >= 11 is 1.48. The van der Waals surface area contributed by atoms with Crippen molar-refractivity contribution < 1.29 is 27.1 Å². The molecule has 0 bridgehead atoms. The molecule has 0 unspecified atom stereocenters. The summed E-state index contributed by atoms with van der Waals surface area (Å²) < 4.78 is 43.3. The lowest BCUT2D eigenvalue weighted by molar-refractivity contribution is -0.147.